The summed E-state index contributed by atoms with van der Waals surface area (Å²) in [5.74, 6) is 0.686. The quantitative estimate of drug-likeness (QED) is 0.686. The molecule has 1 N–H and O–H groups in total. The van der Waals surface area contributed by atoms with Crippen LogP contribution < -0.4 is 14.8 Å². The number of fused-ring (bicyclic) bond motifs is 1. The van der Waals surface area contributed by atoms with Crippen LogP contribution in [0.1, 0.15) is 39.2 Å². The minimum absolute atomic E-state index is 0.174. The van der Waals surface area contributed by atoms with Crippen LogP contribution in [0.3, 0.4) is 0 Å². The number of imide groups is 1. The maximum absolute atomic E-state index is 13.0. The van der Waals surface area contributed by atoms with E-state index in [-0.39, 0.29) is 19.2 Å². The number of nitrogens with zero attached hydrogens (tertiary/aromatic N) is 2. The first kappa shape index (κ1) is 20.0. The lowest BCUT2D eigenvalue weighted by molar-refractivity contribution is -0.138. The molecule has 0 aromatic heterocycles. The first-order chi connectivity index (χ1) is 13.4. The van der Waals surface area contributed by atoms with Gasteiger partial charge in [-0.1, -0.05) is 19.9 Å². The van der Waals surface area contributed by atoms with Crippen molar-refractivity contribution in [2.45, 2.75) is 45.6 Å². The van der Waals surface area contributed by atoms with Gasteiger partial charge in [0.2, 0.25) is 12.7 Å². The fourth-order valence-electron chi connectivity index (χ4n) is 3.61. The summed E-state index contributed by atoms with van der Waals surface area (Å²) >= 11 is 0. The molecule has 0 aliphatic carbocycles. The van der Waals surface area contributed by atoms with Crippen molar-refractivity contribution in [1.82, 2.24) is 15.1 Å². The molecule has 152 valence electrons. The van der Waals surface area contributed by atoms with E-state index in [1.165, 1.54) is 0 Å². The molecule has 4 amide bonds. The molecule has 1 saturated heterocycles. The molecule has 1 aromatic carbocycles. The third-order valence-electron chi connectivity index (χ3n) is 4.97. The molecule has 2 aliphatic rings. The lowest BCUT2D eigenvalue weighted by Crippen LogP contribution is -2.47. The van der Waals surface area contributed by atoms with Crippen molar-refractivity contribution >= 4 is 17.8 Å². The predicted molar refractivity (Wildman–Crippen MR) is 102 cm³/mol. The van der Waals surface area contributed by atoms with Crippen LogP contribution in [-0.2, 0) is 16.0 Å². The Morgan fingerprint density at radius 1 is 1.18 bits per heavy atom. The summed E-state index contributed by atoms with van der Waals surface area (Å²) in [7, 11) is 0. The second-order valence-electron chi connectivity index (χ2n) is 7.40. The Balaban J connectivity index is 1.70. The molecular formula is C20H27N3O5. The van der Waals surface area contributed by atoms with Gasteiger partial charge in [-0.2, -0.15) is 0 Å². The van der Waals surface area contributed by atoms with E-state index in [1.54, 1.807) is 17.9 Å². The SMILES string of the molecule is CCCN(CCC)C(=O)CN1C(=O)N[C@](C)(Cc2ccc3c(c2)OCO3)C1=O. The Bertz CT molecular complexity index is 775. The molecule has 1 aromatic rings. The summed E-state index contributed by atoms with van der Waals surface area (Å²) in [6, 6.07) is 4.91. The van der Waals surface area contributed by atoms with Crippen molar-refractivity contribution in [3.8, 4) is 11.5 Å². The van der Waals surface area contributed by atoms with Gasteiger partial charge < -0.3 is 19.7 Å². The number of benzene rings is 1. The molecule has 0 bridgehead atoms. The predicted octanol–water partition coefficient (Wildman–Crippen LogP) is 1.92. The molecule has 3 rings (SSSR count). The van der Waals surface area contributed by atoms with Gasteiger partial charge in [-0.15, -0.1) is 0 Å². The van der Waals surface area contributed by atoms with E-state index in [2.05, 4.69) is 5.32 Å². The van der Waals surface area contributed by atoms with Crippen molar-refractivity contribution < 1.29 is 23.9 Å². The highest BCUT2D eigenvalue weighted by molar-refractivity contribution is 6.08. The Labute approximate surface area is 164 Å². The number of carbonyl (C=O) groups excluding carboxylic acids is 3. The van der Waals surface area contributed by atoms with E-state index in [4.69, 9.17) is 9.47 Å². The summed E-state index contributed by atoms with van der Waals surface area (Å²) in [4.78, 5) is 40.7. The minimum Gasteiger partial charge on any atom is -0.454 e. The van der Waals surface area contributed by atoms with Crippen LogP contribution in [0.25, 0.3) is 0 Å². The highest BCUT2D eigenvalue weighted by Gasteiger charge is 2.48. The number of hydrogen-bond acceptors (Lipinski definition) is 5. The normalized spacial score (nSPS) is 20.5. The van der Waals surface area contributed by atoms with Crippen LogP contribution in [0.5, 0.6) is 11.5 Å². The molecular weight excluding hydrogens is 362 g/mol. The Kier molecular flexibility index (Phi) is 5.76. The van der Waals surface area contributed by atoms with Crippen LogP contribution in [0.2, 0.25) is 0 Å². The Morgan fingerprint density at radius 2 is 1.86 bits per heavy atom. The molecule has 0 spiro atoms. The highest BCUT2D eigenvalue weighted by atomic mass is 16.7. The van der Waals surface area contributed by atoms with Crippen LogP contribution >= 0.6 is 0 Å². The average molecular weight is 389 g/mol. The molecule has 8 nitrogen and oxygen atoms in total. The third kappa shape index (κ3) is 3.90. The highest BCUT2D eigenvalue weighted by Crippen LogP contribution is 2.34. The number of urea groups is 1. The summed E-state index contributed by atoms with van der Waals surface area (Å²) in [5.41, 5.74) is -0.266. The van der Waals surface area contributed by atoms with E-state index in [1.807, 2.05) is 26.0 Å². The summed E-state index contributed by atoms with van der Waals surface area (Å²) in [6.45, 7) is 6.83. The molecule has 0 unspecified atom stereocenters. The van der Waals surface area contributed by atoms with Crippen LogP contribution in [0, 0.1) is 0 Å². The maximum atomic E-state index is 13.0. The zero-order valence-corrected chi connectivity index (χ0v) is 16.6. The van der Waals surface area contributed by atoms with Crippen molar-refractivity contribution in [3.05, 3.63) is 23.8 Å². The van der Waals surface area contributed by atoms with Gasteiger partial charge in [0.25, 0.3) is 5.91 Å². The number of rotatable bonds is 8. The maximum Gasteiger partial charge on any atom is 0.325 e. The van der Waals surface area contributed by atoms with Gasteiger partial charge in [-0.05, 0) is 37.5 Å². The molecule has 2 heterocycles. The van der Waals surface area contributed by atoms with Crippen LogP contribution in [0.15, 0.2) is 18.2 Å². The topological polar surface area (TPSA) is 88.2 Å². The van der Waals surface area contributed by atoms with Crippen LogP contribution in [-0.4, -0.2) is 59.6 Å². The van der Waals surface area contributed by atoms with Gasteiger partial charge in [-0.25, -0.2) is 4.79 Å². The number of carbonyl (C=O) groups is 3. The zero-order valence-electron chi connectivity index (χ0n) is 16.6. The largest absolute Gasteiger partial charge is 0.454 e. The summed E-state index contributed by atoms with van der Waals surface area (Å²) in [5, 5.41) is 2.75. The van der Waals surface area contributed by atoms with Gasteiger partial charge in [0, 0.05) is 19.5 Å². The number of ether oxygens (including phenoxy) is 2. The second-order valence-corrected chi connectivity index (χ2v) is 7.40. The fraction of sp³-hybridized carbons (Fsp3) is 0.550. The molecule has 1 atom stereocenters. The first-order valence-corrected chi connectivity index (χ1v) is 9.68. The van der Waals surface area contributed by atoms with Gasteiger partial charge >= 0.3 is 6.03 Å². The lowest BCUT2D eigenvalue weighted by atomic mass is 9.92. The molecule has 1 fully saturated rings. The van der Waals surface area contributed by atoms with Gasteiger partial charge in [0.05, 0.1) is 0 Å². The van der Waals surface area contributed by atoms with E-state index < -0.39 is 17.5 Å². The van der Waals surface area contributed by atoms with E-state index >= 15 is 0 Å². The molecule has 0 radical (unpaired) electrons. The number of nitrogens with one attached hydrogen (secondary N) is 1. The van der Waals surface area contributed by atoms with Crippen molar-refractivity contribution in [3.63, 3.8) is 0 Å². The average Bonchev–Trinajstić information content (AvgIpc) is 3.19. The molecule has 8 heteroatoms. The summed E-state index contributed by atoms with van der Waals surface area (Å²) in [6.07, 6.45) is 1.95. The standard InChI is InChI=1S/C20H27N3O5/c1-4-8-22(9-5-2)17(24)12-23-18(25)20(3,21-19(23)26)11-14-6-7-15-16(10-14)28-13-27-15/h6-7,10H,4-5,8-9,11-13H2,1-3H3,(H,21,26)/t20-/m1/s1. The monoisotopic (exact) mass is 389 g/mol. The van der Waals surface area contributed by atoms with E-state index in [0.717, 1.165) is 23.3 Å². The minimum atomic E-state index is -1.11. The molecule has 0 saturated carbocycles. The number of hydrogen-bond donors (Lipinski definition) is 1. The van der Waals surface area contributed by atoms with Gasteiger partial charge in [0.15, 0.2) is 11.5 Å². The van der Waals surface area contributed by atoms with E-state index in [9.17, 15) is 14.4 Å². The smallest absolute Gasteiger partial charge is 0.325 e. The third-order valence-corrected chi connectivity index (χ3v) is 4.97. The number of amides is 4. The van der Waals surface area contributed by atoms with Gasteiger partial charge in [-0.3, -0.25) is 14.5 Å². The Hall–Kier alpha value is -2.77. The van der Waals surface area contributed by atoms with E-state index in [0.29, 0.717) is 31.0 Å². The van der Waals surface area contributed by atoms with Crippen molar-refractivity contribution in [1.29, 1.82) is 0 Å². The second kappa shape index (κ2) is 8.08. The van der Waals surface area contributed by atoms with Gasteiger partial charge in [0.1, 0.15) is 12.1 Å². The Morgan fingerprint density at radius 3 is 2.54 bits per heavy atom. The first-order valence-electron chi connectivity index (χ1n) is 9.68. The fourth-order valence-corrected chi connectivity index (χ4v) is 3.61. The summed E-state index contributed by atoms with van der Waals surface area (Å²) < 4.78 is 10.7. The van der Waals surface area contributed by atoms with Crippen LogP contribution in [0.4, 0.5) is 4.79 Å². The molecule has 28 heavy (non-hydrogen) atoms. The van der Waals surface area contributed by atoms with Crippen molar-refractivity contribution in [2.75, 3.05) is 26.4 Å². The molecule has 2 aliphatic heterocycles. The zero-order chi connectivity index (χ0) is 20.3. The lowest BCUT2D eigenvalue weighted by Gasteiger charge is -2.25. The van der Waals surface area contributed by atoms with Crippen molar-refractivity contribution in [2.24, 2.45) is 0 Å².